The molecular formula is C35H41ClN8O2. The molecule has 11 heteroatoms. The number of hydrogen-bond donors (Lipinski definition) is 3. The molecule has 2 heterocycles. The van der Waals surface area contributed by atoms with Crippen LogP contribution in [0.1, 0.15) is 43.7 Å². The van der Waals surface area contributed by atoms with Crippen molar-refractivity contribution in [1.82, 2.24) is 15.2 Å². The molecule has 2 aromatic carbocycles. The number of pyridine rings is 1. The number of piperazine rings is 1. The van der Waals surface area contributed by atoms with E-state index in [1.165, 1.54) is 6.08 Å². The summed E-state index contributed by atoms with van der Waals surface area (Å²) in [5.74, 6) is 0.423. The third kappa shape index (κ3) is 7.97. The monoisotopic (exact) mass is 640 g/mol. The Morgan fingerprint density at radius 3 is 2.59 bits per heavy atom. The van der Waals surface area contributed by atoms with Crippen molar-refractivity contribution >= 4 is 46.4 Å². The third-order valence-corrected chi connectivity index (χ3v) is 9.28. The summed E-state index contributed by atoms with van der Waals surface area (Å²) in [6.07, 6.45) is 6.01. The predicted molar refractivity (Wildman–Crippen MR) is 184 cm³/mol. The zero-order valence-corrected chi connectivity index (χ0v) is 27.1. The summed E-state index contributed by atoms with van der Waals surface area (Å²) in [7, 11) is 2.12. The molecule has 3 N–H and O–H groups in total. The summed E-state index contributed by atoms with van der Waals surface area (Å²) in [6, 6.07) is 19.3. The number of halogens is 1. The quantitative estimate of drug-likeness (QED) is 0.245. The van der Waals surface area contributed by atoms with Gasteiger partial charge < -0.3 is 25.8 Å². The van der Waals surface area contributed by atoms with Gasteiger partial charge in [-0.15, -0.1) is 0 Å². The van der Waals surface area contributed by atoms with Crippen molar-refractivity contribution in [2.24, 2.45) is 0 Å². The fourth-order valence-electron chi connectivity index (χ4n) is 6.13. The lowest BCUT2D eigenvalue weighted by Gasteiger charge is -2.40. The van der Waals surface area contributed by atoms with Crippen LogP contribution in [-0.4, -0.2) is 66.6 Å². The van der Waals surface area contributed by atoms with Gasteiger partial charge in [0.15, 0.2) is 0 Å². The zero-order valence-electron chi connectivity index (χ0n) is 26.4. The lowest BCUT2D eigenvalue weighted by molar-refractivity contribution is -0.111. The van der Waals surface area contributed by atoms with Gasteiger partial charge in [0.1, 0.15) is 11.9 Å². The van der Waals surface area contributed by atoms with Crippen molar-refractivity contribution in [2.45, 2.75) is 57.3 Å². The second-order valence-corrected chi connectivity index (χ2v) is 12.4. The van der Waals surface area contributed by atoms with Crippen LogP contribution in [0.3, 0.4) is 0 Å². The number of nitriles is 1. The minimum absolute atomic E-state index is 0.0734. The van der Waals surface area contributed by atoms with Crippen LogP contribution >= 0.6 is 11.6 Å². The fraction of sp³-hybridized carbons (Fsp3) is 0.371. The molecule has 2 fully saturated rings. The number of carbonyl (C=O) groups excluding carboxylic acids is 2. The van der Waals surface area contributed by atoms with Gasteiger partial charge in [0.05, 0.1) is 16.9 Å². The molecule has 0 unspecified atom stereocenters. The molecule has 0 bridgehead atoms. The van der Waals surface area contributed by atoms with Crippen molar-refractivity contribution in [3.8, 4) is 6.07 Å². The van der Waals surface area contributed by atoms with Crippen LogP contribution in [0.5, 0.6) is 0 Å². The Bertz CT molecular complexity index is 1580. The number of amides is 3. The molecule has 1 aliphatic carbocycles. The minimum atomic E-state index is -0.307. The summed E-state index contributed by atoms with van der Waals surface area (Å²) in [4.78, 5) is 37.4. The Kier molecular flexibility index (Phi) is 10.8. The van der Waals surface area contributed by atoms with Gasteiger partial charge >= 0.3 is 6.03 Å². The lowest BCUT2D eigenvalue weighted by atomic mass is 9.89. The van der Waals surface area contributed by atoms with Gasteiger partial charge in [-0.3, -0.25) is 9.69 Å². The van der Waals surface area contributed by atoms with E-state index in [1.807, 2.05) is 53.4 Å². The highest BCUT2D eigenvalue weighted by Crippen LogP contribution is 2.36. The van der Waals surface area contributed by atoms with E-state index in [9.17, 15) is 9.59 Å². The van der Waals surface area contributed by atoms with Gasteiger partial charge in [-0.2, -0.15) is 5.26 Å². The minimum Gasteiger partial charge on any atom is -0.367 e. The lowest BCUT2D eigenvalue weighted by Crippen LogP contribution is -2.50. The number of urea groups is 1. The van der Waals surface area contributed by atoms with Crippen LogP contribution in [-0.2, 0) is 11.3 Å². The normalized spacial score (nSPS) is 19.9. The summed E-state index contributed by atoms with van der Waals surface area (Å²) in [6.45, 7) is 8.67. The van der Waals surface area contributed by atoms with Crippen LogP contribution in [0.4, 0.5) is 27.7 Å². The van der Waals surface area contributed by atoms with Crippen molar-refractivity contribution in [1.29, 1.82) is 5.26 Å². The van der Waals surface area contributed by atoms with Crippen LogP contribution in [0.2, 0.25) is 5.02 Å². The maximum Gasteiger partial charge on any atom is 0.322 e. The first-order valence-corrected chi connectivity index (χ1v) is 16.1. The second kappa shape index (κ2) is 15.1. The number of nitrogens with one attached hydrogen (secondary N) is 3. The molecule has 3 aromatic rings. The number of anilines is 4. The molecule has 0 radical (unpaired) electrons. The SMILES string of the molecule is C=CC(=O)Nc1cc(N(C(=O)NCc2ccccc2Cl)C2CCC(Nc3ccc(C#N)cn3)CC2)ccc1N1CCN(C)[C@@H](C)C1. The number of carbonyl (C=O) groups is 2. The molecule has 2 aliphatic rings. The number of nitrogens with zero attached hydrogens (tertiary/aromatic N) is 5. The molecule has 5 rings (SSSR count). The molecule has 1 aliphatic heterocycles. The zero-order chi connectivity index (χ0) is 32.6. The highest BCUT2D eigenvalue weighted by atomic mass is 35.5. The second-order valence-electron chi connectivity index (χ2n) is 12.0. The highest BCUT2D eigenvalue weighted by Gasteiger charge is 2.31. The molecule has 1 saturated carbocycles. The molecule has 1 atom stereocenters. The molecule has 0 spiro atoms. The Hall–Kier alpha value is -4.59. The van der Waals surface area contributed by atoms with E-state index < -0.39 is 0 Å². The molecule has 1 aromatic heterocycles. The molecule has 46 heavy (non-hydrogen) atoms. The number of benzene rings is 2. The van der Waals surface area contributed by atoms with Crippen molar-refractivity contribution < 1.29 is 9.59 Å². The highest BCUT2D eigenvalue weighted by molar-refractivity contribution is 6.31. The topological polar surface area (TPSA) is 117 Å². The first-order valence-electron chi connectivity index (χ1n) is 15.7. The number of hydrogen-bond acceptors (Lipinski definition) is 7. The maximum atomic E-state index is 14.0. The van der Waals surface area contributed by atoms with E-state index in [0.717, 1.165) is 62.4 Å². The molecule has 240 valence electrons. The predicted octanol–water partition coefficient (Wildman–Crippen LogP) is 6.01. The van der Waals surface area contributed by atoms with E-state index in [1.54, 1.807) is 12.3 Å². The van der Waals surface area contributed by atoms with E-state index in [2.05, 4.69) is 57.4 Å². The number of rotatable bonds is 9. The Morgan fingerprint density at radius 1 is 1.13 bits per heavy atom. The molecule has 1 saturated heterocycles. The number of likely N-dealkylation sites (N-methyl/N-ethyl adjacent to an activating group) is 1. The van der Waals surface area contributed by atoms with Gasteiger partial charge in [0.2, 0.25) is 5.91 Å². The average molecular weight is 641 g/mol. The van der Waals surface area contributed by atoms with E-state index in [0.29, 0.717) is 28.0 Å². The van der Waals surface area contributed by atoms with Crippen molar-refractivity contribution in [3.63, 3.8) is 0 Å². The van der Waals surface area contributed by atoms with Crippen LogP contribution in [0.25, 0.3) is 0 Å². The van der Waals surface area contributed by atoms with E-state index >= 15 is 0 Å². The number of aromatic nitrogens is 1. The smallest absolute Gasteiger partial charge is 0.322 e. The summed E-state index contributed by atoms with van der Waals surface area (Å²) in [5.41, 5.74) is 3.61. The average Bonchev–Trinajstić information content (AvgIpc) is 3.07. The third-order valence-electron chi connectivity index (χ3n) is 8.92. The summed E-state index contributed by atoms with van der Waals surface area (Å²) >= 11 is 6.40. The Morgan fingerprint density at radius 2 is 1.91 bits per heavy atom. The molecule has 10 nitrogen and oxygen atoms in total. The van der Waals surface area contributed by atoms with Crippen LogP contribution in [0, 0.1) is 11.3 Å². The van der Waals surface area contributed by atoms with Gasteiger partial charge in [-0.05, 0) is 87.7 Å². The van der Waals surface area contributed by atoms with Crippen LogP contribution < -0.4 is 25.8 Å². The van der Waals surface area contributed by atoms with Gasteiger partial charge in [-0.25, -0.2) is 9.78 Å². The molecular weight excluding hydrogens is 600 g/mol. The molecule has 3 amide bonds. The van der Waals surface area contributed by atoms with Crippen LogP contribution in [0.15, 0.2) is 73.4 Å². The van der Waals surface area contributed by atoms with Gasteiger partial charge in [0.25, 0.3) is 0 Å². The summed E-state index contributed by atoms with van der Waals surface area (Å²) in [5, 5.41) is 19.2. The Labute approximate surface area is 276 Å². The maximum absolute atomic E-state index is 14.0. The first-order chi connectivity index (χ1) is 22.2. The van der Waals surface area contributed by atoms with Crippen molar-refractivity contribution in [2.75, 3.05) is 47.1 Å². The first kappa shape index (κ1) is 32.8. The van der Waals surface area contributed by atoms with Crippen molar-refractivity contribution in [3.05, 3.63) is 89.6 Å². The van der Waals surface area contributed by atoms with E-state index in [4.69, 9.17) is 16.9 Å². The van der Waals surface area contributed by atoms with E-state index in [-0.39, 0.29) is 30.6 Å². The van der Waals surface area contributed by atoms with Gasteiger partial charge in [0, 0.05) is 61.2 Å². The Balaban J connectivity index is 1.40. The van der Waals surface area contributed by atoms with Gasteiger partial charge in [-0.1, -0.05) is 36.4 Å². The largest absolute Gasteiger partial charge is 0.367 e. The fourth-order valence-corrected chi connectivity index (χ4v) is 6.33. The standard InChI is InChI=1S/C35H41ClN8O2/c1-4-34(45)41-31-19-29(14-15-32(31)43-18-17-42(3)24(2)23-43)44(35(46)39-22-26-7-5-6-8-30(26)36)28-12-10-27(11-13-28)40-33-16-9-25(20-37)21-38-33/h4-9,14-16,19,21,24,27-28H,1,10-13,17-18,22-23H2,2-3H3,(H,38,40)(H,39,46)(H,41,45)/t24-,27?,28?/m0/s1. The summed E-state index contributed by atoms with van der Waals surface area (Å²) < 4.78 is 0.